The van der Waals surface area contributed by atoms with Gasteiger partial charge in [0, 0.05) is 59.0 Å². The van der Waals surface area contributed by atoms with Gasteiger partial charge in [-0.25, -0.2) is 9.97 Å². The molecule has 0 aromatic carbocycles. The first-order valence-corrected chi connectivity index (χ1v) is 13.9. The van der Waals surface area contributed by atoms with Crippen molar-refractivity contribution in [1.29, 1.82) is 0 Å². The van der Waals surface area contributed by atoms with E-state index >= 15 is 0 Å². The minimum Gasteiger partial charge on any atom is -0.370 e. The van der Waals surface area contributed by atoms with Crippen LogP contribution in [0.3, 0.4) is 0 Å². The highest BCUT2D eigenvalue weighted by Crippen LogP contribution is 2.22. The molecule has 34 heavy (non-hydrogen) atoms. The maximum absolute atomic E-state index is 11.8. The van der Waals surface area contributed by atoms with E-state index in [1.54, 1.807) is 23.5 Å². The lowest BCUT2D eigenvalue weighted by atomic mass is 10.4. The number of aliphatic imine (C=N–C) groups is 2. The average molecular weight is 543 g/mol. The predicted molar refractivity (Wildman–Crippen MR) is 143 cm³/mol. The molecule has 0 saturated carbocycles. The number of rotatable bonds is 14. The van der Waals surface area contributed by atoms with Gasteiger partial charge in [0.1, 0.15) is 0 Å². The molecule has 0 bridgehead atoms. The second-order valence-corrected chi connectivity index (χ2v) is 10.2. The predicted octanol–water partition coefficient (Wildman–Crippen LogP) is 0.365. The highest BCUT2D eigenvalue weighted by molar-refractivity contribution is 7.98. The number of guanidine groups is 2. The summed E-state index contributed by atoms with van der Waals surface area (Å²) in [6.45, 7) is 0.941. The van der Waals surface area contributed by atoms with Crippen LogP contribution in [0.5, 0.6) is 0 Å². The molecule has 10 N–H and O–H groups in total. The third-order valence-corrected chi connectivity index (χ3v) is 7.06. The number of thioether (sulfide) groups is 2. The Morgan fingerprint density at radius 3 is 1.62 bits per heavy atom. The van der Waals surface area contributed by atoms with Crippen LogP contribution in [0, 0.1) is 0 Å². The van der Waals surface area contributed by atoms with Crippen LogP contribution >= 0.6 is 46.2 Å². The zero-order chi connectivity index (χ0) is 24.8. The van der Waals surface area contributed by atoms with Crippen LogP contribution in [0.25, 0.3) is 0 Å². The minimum absolute atomic E-state index is 0.0245. The van der Waals surface area contributed by atoms with Crippen LogP contribution in [0.2, 0.25) is 0 Å². The van der Waals surface area contributed by atoms with Crippen LogP contribution in [0.15, 0.2) is 32.9 Å². The normalized spacial score (nSPS) is 10.7. The van der Waals surface area contributed by atoms with E-state index in [2.05, 4.69) is 30.6 Å². The number of carbonyl (C=O) groups excluding carboxylic acids is 2. The summed E-state index contributed by atoms with van der Waals surface area (Å²) in [5.74, 6) is 2.06. The zero-order valence-electron chi connectivity index (χ0n) is 18.1. The number of nitrogens with zero attached hydrogens (tertiary/aromatic N) is 4. The molecule has 12 nitrogen and oxygen atoms in total. The van der Waals surface area contributed by atoms with Gasteiger partial charge in [-0.15, -0.1) is 22.7 Å². The minimum atomic E-state index is -0.325. The highest BCUT2D eigenvalue weighted by Gasteiger charge is 2.04. The Bertz CT molecular complexity index is 945. The average Bonchev–Trinajstić information content (AvgIpc) is 3.40. The molecular formula is C18H26N10O2S4. The van der Waals surface area contributed by atoms with E-state index in [0.29, 0.717) is 46.4 Å². The fourth-order valence-electron chi connectivity index (χ4n) is 2.16. The van der Waals surface area contributed by atoms with E-state index in [1.807, 2.05) is 10.8 Å². The van der Waals surface area contributed by atoms with Gasteiger partial charge < -0.3 is 33.6 Å². The van der Waals surface area contributed by atoms with Crippen LogP contribution in [0.4, 0.5) is 10.3 Å². The van der Waals surface area contributed by atoms with Crippen molar-refractivity contribution in [3.05, 3.63) is 34.3 Å². The molecule has 0 unspecified atom stereocenters. The number of amides is 2. The molecule has 0 radical (unpaired) electrons. The van der Waals surface area contributed by atoms with Crippen molar-refractivity contribution in [2.45, 2.75) is 11.5 Å². The van der Waals surface area contributed by atoms with E-state index in [4.69, 9.17) is 22.9 Å². The number of carbonyl (C=O) groups is 2. The molecule has 0 aliphatic carbocycles. The van der Waals surface area contributed by atoms with Gasteiger partial charge in [0.25, 0.3) is 0 Å². The first-order valence-electron chi connectivity index (χ1n) is 9.79. The molecule has 0 saturated heterocycles. The summed E-state index contributed by atoms with van der Waals surface area (Å²) in [7, 11) is 0. The molecule has 0 aliphatic heterocycles. The van der Waals surface area contributed by atoms with Crippen molar-refractivity contribution in [2.75, 3.05) is 24.6 Å². The van der Waals surface area contributed by atoms with Crippen LogP contribution < -0.4 is 33.6 Å². The molecule has 0 atom stereocenters. The summed E-state index contributed by atoms with van der Waals surface area (Å²) >= 11 is 5.95. The summed E-state index contributed by atoms with van der Waals surface area (Å²) in [5.41, 5.74) is 23.0. The van der Waals surface area contributed by atoms with E-state index in [-0.39, 0.29) is 23.7 Å². The molecule has 2 aromatic heterocycles. The van der Waals surface area contributed by atoms with Crippen molar-refractivity contribution < 1.29 is 9.59 Å². The number of nitrogens with two attached hydrogens (primary N) is 4. The van der Waals surface area contributed by atoms with E-state index in [1.165, 1.54) is 34.8 Å². The van der Waals surface area contributed by atoms with Crippen molar-refractivity contribution in [3.63, 3.8) is 0 Å². The second-order valence-electron chi connectivity index (χ2n) is 6.34. The molecule has 0 aliphatic rings. The van der Waals surface area contributed by atoms with Crippen molar-refractivity contribution in [2.24, 2.45) is 32.9 Å². The number of hydrogen-bond acceptors (Lipinski definition) is 10. The van der Waals surface area contributed by atoms with Gasteiger partial charge in [-0.3, -0.25) is 9.59 Å². The van der Waals surface area contributed by atoms with Gasteiger partial charge in [-0.05, 0) is 0 Å². The zero-order valence-corrected chi connectivity index (χ0v) is 21.4. The maximum atomic E-state index is 11.8. The van der Waals surface area contributed by atoms with Crippen LogP contribution in [-0.4, -0.2) is 58.3 Å². The van der Waals surface area contributed by atoms with Crippen LogP contribution in [0.1, 0.15) is 11.4 Å². The molecular weight excluding hydrogens is 517 g/mol. The molecule has 0 fully saturated rings. The van der Waals surface area contributed by atoms with E-state index < -0.39 is 0 Å². The smallest absolute Gasteiger partial charge is 0.244 e. The van der Waals surface area contributed by atoms with Crippen LogP contribution in [-0.2, 0) is 21.1 Å². The summed E-state index contributed by atoms with van der Waals surface area (Å²) in [5, 5.41) is 10.3. The number of hydrogen-bond donors (Lipinski definition) is 6. The van der Waals surface area contributed by atoms with Gasteiger partial charge in [0.05, 0.1) is 11.4 Å². The molecule has 2 amide bonds. The Kier molecular flexibility index (Phi) is 12.2. The Morgan fingerprint density at radius 1 is 0.824 bits per heavy atom. The van der Waals surface area contributed by atoms with Crippen molar-refractivity contribution >= 4 is 80.2 Å². The Labute approximate surface area is 213 Å². The first kappa shape index (κ1) is 27.4. The number of aromatic nitrogens is 2. The van der Waals surface area contributed by atoms with E-state index in [9.17, 15) is 9.59 Å². The summed E-state index contributed by atoms with van der Waals surface area (Å²) in [4.78, 5) is 40.0. The molecule has 0 spiro atoms. The Balaban J connectivity index is 1.51. The third kappa shape index (κ3) is 11.9. The lowest BCUT2D eigenvalue weighted by molar-refractivity contribution is -0.118. The monoisotopic (exact) mass is 542 g/mol. The quantitative estimate of drug-likeness (QED) is 0.0834. The molecule has 2 rings (SSSR count). The molecule has 184 valence electrons. The van der Waals surface area contributed by atoms with Gasteiger partial charge >= 0.3 is 0 Å². The number of thiazole rings is 2. The maximum Gasteiger partial charge on any atom is 0.244 e. The topological polar surface area (TPSA) is 213 Å². The fraction of sp³-hybridized carbons (Fsp3) is 0.333. The summed E-state index contributed by atoms with van der Waals surface area (Å²) in [6, 6.07) is 0. The molecule has 2 aromatic rings. The van der Waals surface area contributed by atoms with Gasteiger partial charge in [0.15, 0.2) is 11.9 Å². The summed E-state index contributed by atoms with van der Waals surface area (Å²) < 4.78 is 0. The fourth-order valence-corrected chi connectivity index (χ4v) is 5.28. The lowest BCUT2D eigenvalue weighted by Gasteiger charge is -2.03. The Hall–Kier alpha value is -2.82. The van der Waals surface area contributed by atoms with E-state index in [0.717, 1.165) is 11.4 Å². The van der Waals surface area contributed by atoms with Gasteiger partial charge in [0.2, 0.25) is 22.1 Å². The third-order valence-electron chi connectivity index (χ3n) is 3.51. The number of nitrogens with one attached hydrogen (secondary N) is 2. The van der Waals surface area contributed by atoms with Crippen molar-refractivity contribution in [1.82, 2.24) is 20.6 Å². The SMILES string of the molecule is NC(N)=Nc1nc(CSCCNC(=O)/C=C/C(=O)NCCSCc2csc(N=C(N)N)n2)cs1. The standard InChI is InChI=1S/C18H26N10O2S4/c19-15(20)27-17-25-11(9-33-17)7-31-5-3-23-13(29)1-2-14(30)24-4-6-32-8-12-10-34-18(26-12)28-16(21)22/h1-2,9-10H,3-8H2,(H,23,29)(H,24,30)(H4,19,20,25,27)(H4,21,22,26,28)/b2-1+. The van der Waals surface area contributed by atoms with Gasteiger partial charge in [-0.1, -0.05) is 0 Å². The molecule has 16 heteroatoms. The second kappa shape index (κ2) is 15.2. The summed E-state index contributed by atoms with van der Waals surface area (Å²) in [6.07, 6.45) is 2.44. The largest absolute Gasteiger partial charge is 0.370 e. The first-order chi connectivity index (χ1) is 16.3. The lowest BCUT2D eigenvalue weighted by Crippen LogP contribution is -2.26. The molecule has 2 heterocycles. The van der Waals surface area contributed by atoms with Crippen molar-refractivity contribution in [3.8, 4) is 0 Å². The highest BCUT2D eigenvalue weighted by atomic mass is 32.2. The van der Waals surface area contributed by atoms with Gasteiger partial charge in [-0.2, -0.15) is 33.5 Å². The Morgan fingerprint density at radius 2 is 1.24 bits per heavy atom.